The molecular weight excluding hydrogens is 310 g/mol. The fourth-order valence-corrected chi connectivity index (χ4v) is 2.61. The molecule has 0 aliphatic carbocycles. The molecule has 5 heteroatoms. The maximum Gasteiger partial charge on any atom is 0.220 e. The van der Waals surface area contributed by atoms with E-state index in [1.807, 2.05) is 32.0 Å². The Morgan fingerprint density at radius 3 is 2.50 bits per heavy atom. The first kappa shape index (κ1) is 17.9. The molecule has 3 N–H and O–H groups in total. The van der Waals surface area contributed by atoms with Gasteiger partial charge in [-0.1, -0.05) is 38.1 Å². The summed E-state index contributed by atoms with van der Waals surface area (Å²) in [4.78, 5) is 12.2. The largest absolute Gasteiger partial charge is 0.399 e. The van der Waals surface area contributed by atoms with Crippen molar-refractivity contribution in [2.24, 2.45) is 5.92 Å². The van der Waals surface area contributed by atoms with Crippen LogP contribution in [0, 0.1) is 17.6 Å². The second kappa shape index (κ2) is 7.90. The molecule has 2 rings (SSSR count). The van der Waals surface area contributed by atoms with Gasteiger partial charge in [-0.25, -0.2) is 8.78 Å². The van der Waals surface area contributed by atoms with Crippen LogP contribution >= 0.6 is 0 Å². The average molecular weight is 332 g/mol. The highest BCUT2D eigenvalue weighted by Crippen LogP contribution is 2.25. The van der Waals surface area contributed by atoms with Crippen molar-refractivity contribution in [3.05, 3.63) is 65.2 Å². The molecular formula is C19H22F2N2O. The molecule has 0 aliphatic heterocycles. The monoisotopic (exact) mass is 332 g/mol. The van der Waals surface area contributed by atoms with Crippen LogP contribution in [0.5, 0.6) is 0 Å². The highest BCUT2D eigenvalue weighted by atomic mass is 19.1. The normalized spacial score (nSPS) is 12.2. The predicted octanol–water partition coefficient (Wildman–Crippen LogP) is 3.99. The molecule has 0 spiro atoms. The molecule has 0 saturated heterocycles. The number of nitrogens with one attached hydrogen (secondary N) is 1. The Bertz CT molecular complexity index is 716. The van der Waals surface area contributed by atoms with E-state index in [0.717, 1.165) is 11.6 Å². The molecule has 2 aromatic rings. The van der Waals surface area contributed by atoms with Gasteiger partial charge in [-0.15, -0.1) is 0 Å². The van der Waals surface area contributed by atoms with Crippen LogP contribution in [0.4, 0.5) is 14.5 Å². The van der Waals surface area contributed by atoms with E-state index in [0.29, 0.717) is 17.7 Å². The molecule has 1 amide bonds. The summed E-state index contributed by atoms with van der Waals surface area (Å²) in [5.74, 6) is -1.51. The zero-order chi connectivity index (χ0) is 17.7. The van der Waals surface area contributed by atoms with Crippen LogP contribution in [0.25, 0.3) is 0 Å². The second-order valence-electron chi connectivity index (χ2n) is 6.15. The Hall–Kier alpha value is -2.43. The minimum Gasteiger partial charge on any atom is -0.399 e. The number of hydrogen-bond acceptors (Lipinski definition) is 2. The van der Waals surface area contributed by atoms with Crippen LogP contribution in [0.15, 0.2) is 42.5 Å². The number of para-hydroxylation sites is 1. The molecule has 3 nitrogen and oxygen atoms in total. The number of benzene rings is 2. The summed E-state index contributed by atoms with van der Waals surface area (Å²) >= 11 is 0. The maximum atomic E-state index is 14.0. The van der Waals surface area contributed by atoms with Crippen molar-refractivity contribution < 1.29 is 13.6 Å². The fraction of sp³-hybridized carbons (Fsp3) is 0.316. The van der Waals surface area contributed by atoms with Crippen molar-refractivity contribution in [2.75, 3.05) is 5.73 Å². The molecule has 128 valence electrons. The lowest BCUT2D eigenvalue weighted by Crippen LogP contribution is -2.32. The Labute approximate surface area is 140 Å². The van der Waals surface area contributed by atoms with E-state index in [9.17, 15) is 13.6 Å². The number of amides is 1. The molecule has 2 aromatic carbocycles. The molecule has 0 radical (unpaired) electrons. The van der Waals surface area contributed by atoms with Gasteiger partial charge in [-0.2, -0.15) is 0 Å². The minimum absolute atomic E-state index is 0.0318. The van der Waals surface area contributed by atoms with Gasteiger partial charge in [0.1, 0.15) is 11.6 Å². The number of aryl methyl sites for hydroxylation is 1. The lowest BCUT2D eigenvalue weighted by Gasteiger charge is -2.23. The summed E-state index contributed by atoms with van der Waals surface area (Å²) in [6.45, 7) is 3.76. The fourth-order valence-electron chi connectivity index (χ4n) is 2.61. The van der Waals surface area contributed by atoms with Crippen molar-refractivity contribution in [1.29, 1.82) is 0 Å². The number of carbonyl (C=O) groups is 1. The van der Waals surface area contributed by atoms with E-state index < -0.39 is 17.7 Å². The summed E-state index contributed by atoms with van der Waals surface area (Å²) in [6, 6.07) is 10.3. The minimum atomic E-state index is -0.652. The maximum absolute atomic E-state index is 14.0. The third-order valence-electron chi connectivity index (χ3n) is 3.96. The van der Waals surface area contributed by atoms with Gasteiger partial charge < -0.3 is 11.1 Å². The van der Waals surface area contributed by atoms with Crippen molar-refractivity contribution >= 4 is 11.6 Å². The first-order chi connectivity index (χ1) is 11.4. The predicted molar refractivity (Wildman–Crippen MR) is 91.3 cm³/mol. The molecule has 1 unspecified atom stereocenters. The zero-order valence-electron chi connectivity index (χ0n) is 13.9. The molecule has 24 heavy (non-hydrogen) atoms. The van der Waals surface area contributed by atoms with Gasteiger partial charge in [0.15, 0.2) is 0 Å². The molecule has 0 aliphatic rings. The van der Waals surface area contributed by atoms with Crippen molar-refractivity contribution in [3.8, 4) is 0 Å². The lowest BCUT2D eigenvalue weighted by atomic mass is 9.95. The van der Waals surface area contributed by atoms with Gasteiger partial charge in [-0.05, 0) is 30.0 Å². The number of anilines is 1. The van der Waals surface area contributed by atoms with E-state index in [1.54, 1.807) is 6.07 Å². The Balaban J connectivity index is 2.05. The Kier molecular flexibility index (Phi) is 5.90. The van der Waals surface area contributed by atoms with Crippen molar-refractivity contribution in [3.63, 3.8) is 0 Å². The topological polar surface area (TPSA) is 55.1 Å². The second-order valence-corrected chi connectivity index (χ2v) is 6.15. The van der Waals surface area contributed by atoms with E-state index >= 15 is 0 Å². The number of hydrogen-bond donors (Lipinski definition) is 2. The lowest BCUT2D eigenvalue weighted by molar-refractivity contribution is -0.122. The quantitative estimate of drug-likeness (QED) is 0.786. The number of halogens is 2. The number of rotatable bonds is 6. The standard InChI is InChI=1S/C19H22F2N2O/c1-12(2)19(15-9-8-14(20)11-16(15)21)23-18(24)10-7-13-5-3-4-6-17(13)22/h3-6,8-9,11-12,19H,7,10,22H2,1-2H3,(H,23,24). The number of nitrogen functional groups attached to an aromatic ring is 1. The highest BCUT2D eigenvalue weighted by molar-refractivity contribution is 5.77. The molecule has 0 bridgehead atoms. The smallest absolute Gasteiger partial charge is 0.220 e. The van der Waals surface area contributed by atoms with Crippen LogP contribution in [0.2, 0.25) is 0 Å². The highest BCUT2D eigenvalue weighted by Gasteiger charge is 2.21. The number of carbonyl (C=O) groups excluding carboxylic acids is 1. The molecule has 0 aromatic heterocycles. The van der Waals surface area contributed by atoms with E-state index in [-0.39, 0.29) is 18.2 Å². The third-order valence-corrected chi connectivity index (χ3v) is 3.96. The van der Waals surface area contributed by atoms with E-state index in [4.69, 9.17) is 5.73 Å². The molecule has 0 fully saturated rings. The number of nitrogens with two attached hydrogens (primary N) is 1. The van der Waals surface area contributed by atoms with Crippen LogP contribution in [0.1, 0.15) is 37.4 Å². The molecule has 0 heterocycles. The van der Waals surface area contributed by atoms with Gasteiger partial charge in [0.05, 0.1) is 6.04 Å². The first-order valence-electron chi connectivity index (χ1n) is 7.96. The zero-order valence-corrected chi connectivity index (χ0v) is 13.9. The van der Waals surface area contributed by atoms with Gasteiger partial charge in [0.25, 0.3) is 0 Å². The van der Waals surface area contributed by atoms with Crippen molar-refractivity contribution in [1.82, 2.24) is 5.32 Å². The summed E-state index contributed by atoms with van der Waals surface area (Å²) in [5.41, 5.74) is 7.71. The van der Waals surface area contributed by atoms with Gasteiger partial charge >= 0.3 is 0 Å². The van der Waals surface area contributed by atoms with Crippen molar-refractivity contribution in [2.45, 2.75) is 32.7 Å². The van der Waals surface area contributed by atoms with Crippen LogP contribution in [-0.2, 0) is 11.2 Å². The van der Waals surface area contributed by atoms with Crippen LogP contribution < -0.4 is 11.1 Å². The van der Waals surface area contributed by atoms with Gasteiger partial charge in [-0.3, -0.25) is 4.79 Å². The van der Waals surface area contributed by atoms with Crippen LogP contribution in [0.3, 0.4) is 0 Å². The summed E-state index contributed by atoms with van der Waals surface area (Å²) in [5, 5.41) is 2.84. The third kappa shape index (κ3) is 4.54. The van der Waals surface area contributed by atoms with Gasteiger partial charge in [0, 0.05) is 23.7 Å². The molecule has 0 saturated carbocycles. The molecule has 1 atom stereocenters. The summed E-state index contributed by atoms with van der Waals surface area (Å²) < 4.78 is 27.1. The van der Waals surface area contributed by atoms with E-state index in [2.05, 4.69) is 5.32 Å². The first-order valence-corrected chi connectivity index (χ1v) is 7.96. The van der Waals surface area contributed by atoms with Gasteiger partial charge in [0.2, 0.25) is 5.91 Å². The summed E-state index contributed by atoms with van der Waals surface area (Å²) in [7, 11) is 0. The van der Waals surface area contributed by atoms with E-state index in [1.165, 1.54) is 12.1 Å². The summed E-state index contributed by atoms with van der Waals surface area (Å²) in [6.07, 6.45) is 0.759. The SMILES string of the molecule is CC(C)C(NC(=O)CCc1ccccc1N)c1ccc(F)cc1F. The Morgan fingerprint density at radius 2 is 1.88 bits per heavy atom. The van der Waals surface area contributed by atoms with Crippen LogP contribution in [-0.4, -0.2) is 5.91 Å². The Morgan fingerprint density at radius 1 is 1.17 bits per heavy atom. The average Bonchev–Trinajstić information content (AvgIpc) is 2.52.